The van der Waals surface area contributed by atoms with Gasteiger partial charge in [0.2, 0.25) is 5.91 Å². The molecule has 0 atom stereocenters. The van der Waals surface area contributed by atoms with Gasteiger partial charge in [-0.25, -0.2) is 4.79 Å². The third kappa shape index (κ3) is 6.82. The van der Waals surface area contributed by atoms with Crippen LogP contribution in [0.1, 0.15) is 39.9 Å². The molecule has 4 aromatic rings. The Hall–Kier alpha value is -3.32. The molecule has 8 heteroatoms. The van der Waals surface area contributed by atoms with Gasteiger partial charge < -0.3 is 14.6 Å². The first-order valence-corrected chi connectivity index (χ1v) is 13.8. The molecule has 1 aliphatic carbocycles. The van der Waals surface area contributed by atoms with Crippen molar-refractivity contribution in [2.24, 2.45) is 0 Å². The van der Waals surface area contributed by atoms with Crippen molar-refractivity contribution in [2.45, 2.75) is 38.4 Å². The maximum atomic E-state index is 13.8. The number of amides is 1. The van der Waals surface area contributed by atoms with Crippen LogP contribution in [0.15, 0.2) is 72.9 Å². The number of nitrogens with one attached hydrogen (secondary N) is 1. The molecule has 1 saturated carbocycles. The summed E-state index contributed by atoms with van der Waals surface area (Å²) in [5, 5.41) is 2.14. The maximum Gasteiger partial charge on any atom is 0.337 e. The molecule has 1 fully saturated rings. The Labute approximate surface area is 238 Å². The first kappa shape index (κ1) is 27.3. The minimum Gasteiger partial charge on any atom is -0.465 e. The van der Waals surface area contributed by atoms with Gasteiger partial charge in [-0.2, -0.15) is 0 Å². The molecule has 1 aliphatic rings. The summed E-state index contributed by atoms with van der Waals surface area (Å²) in [6, 6.07) is 21.5. The van der Waals surface area contributed by atoms with Crippen LogP contribution >= 0.6 is 23.2 Å². The van der Waals surface area contributed by atoms with Crippen molar-refractivity contribution in [2.75, 3.05) is 20.2 Å². The van der Waals surface area contributed by atoms with Crippen LogP contribution in [-0.2, 0) is 29.0 Å². The maximum absolute atomic E-state index is 13.8. The van der Waals surface area contributed by atoms with E-state index in [1.807, 2.05) is 53.6 Å². The number of rotatable bonds is 11. The van der Waals surface area contributed by atoms with Gasteiger partial charge in [0.25, 0.3) is 0 Å². The molecule has 202 valence electrons. The third-order valence-electron chi connectivity index (χ3n) is 7.17. The number of nitrogens with zero attached hydrogens (tertiary/aromatic N) is 2. The van der Waals surface area contributed by atoms with E-state index in [9.17, 15) is 9.59 Å². The largest absolute Gasteiger partial charge is 0.465 e. The van der Waals surface area contributed by atoms with Gasteiger partial charge in [0, 0.05) is 42.8 Å². The minimum absolute atomic E-state index is 0.0527. The highest BCUT2D eigenvalue weighted by Gasteiger charge is 2.31. The second-order valence-corrected chi connectivity index (χ2v) is 10.8. The number of hydrogen-bond donors (Lipinski definition) is 1. The number of H-pyrrole nitrogens is 1. The van der Waals surface area contributed by atoms with Gasteiger partial charge in [-0.05, 0) is 66.3 Å². The Morgan fingerprint density at radius 3 is 2.51 bits per heavy atom. The summed E-state index contributed by atoms with van der Waals surface area (Å²) in [5.41, 5.74) is 4.69. The number of carbonyl (C=O) groups is 2. The topological polar surface area (TPSA) is 65.6 Å². The molecule has 5 rings (SSSR count). The van der Waals surface area contributed by atoms with Crippen LogP contribution in [0.3, 0.4) is 0 Å². The van der Waals surface area contributed by atoms with Crippen LogP contribution in [0.2, 0.25) is 10.0 Å². The average molecular weight is 565 g/mol. The molecule has 3 aromatic carbocycles. The monoisotopic (exact) mass is 563 g/mol. The number of halogens is 2. The molecule has 1 heterocycles. The quantitative estimate of drug-likeness (QED) is 0.211. The SMILES string of the molecule is COC(=O)c1cccc(CN(CC(=O)N(CCc2c[nH]c3ccccc23)Cc2ccc(Cl)c(Cl)c2)C2CC2)c1. The predicted molar refractivity (Wildman–Crippen MR) is 155 cm³/mol. The normalized spacial score (nSPS) is 13.1. The number of aromatic amines is 1. The van der Waals surface area contributed by atoms with E-state index < -0.39 is 0 Å². The summed E-state index contributed by atoms with van der Waals surface area (Å²) < 4.78 is 4.88. The van der Waals surface area contributed by atoms with E-state index in [4.69, 9.17) is 27.9 Å². The summed E-state index contributed by atoms with van der Waals surface area (Å²) in [6.45, 7) is 1.89. The molecule has 39 heavy (non-hydrogen) atoms. The number of carbonyl (C=O) groups excluding carboxylic acids is 2. The van der Waals surface area contributed by atoms with Crippen molar-refractivity contribution in [1.82, 2.24) is 14.8 Å². The van der Waals surface area contributed by atoms with E-state index in [0.29, 0.717) is 47.8 Å². The molecule has 1 N–H and O–H groups in total. The van der Waals surface area contributed by atoms with Gasteiger partial charge >= 0.3 is 5.97 Å². The van der Waals surface area contributed by atoms with E-state index in [1.54, 1.807) is 12.1 Å². The Morgan fingerprint density at radius 1 is 0.949 bits per heavy atom. The summed E-state index contributed by atoms with van der Waals surface area (Å²) in [4.78, 5) is 33.3. The first-order valence-electron chi connectivity index (χ1n) is 13.1. The van der Waals surface area contributed by atoms with Crippen molar-refractivity contribution in [3.8, 4) is 0 Å². The molecule has 1 aromatic heterocycles. The number of ether oxygens (including phenoxy) is 1. The number of aromatic nitrogens is 1. The number of methoxy groups -OCH3 is 1. The van der Waals surface area contributed by atoms with Gasteiger partial charge in [-0.1, -0.05) is 59.6 Å². The van der Waals surface area contributed by atoms with Crippen molar-refractivity contribution >= 4 is 46.0 Å². The lowest BCUT2D eigenvalue weighted by atomic mass is 10.1. The Balaban J connectivity index is 1.33. The lowest BCUT2D eigenvalue weighted by Gasteiger charge is -2.28. The van der Waals surface area contributed by atoms with Crippen molar-refractivity contribution in [3.63, 3.8) is 0 Å². The van der Waals surface area contributed by atoms with E-state index >= 15 is 0 Å². The summed E-state index contributed by atoms with van der Waals surface area (Å²) in [5.74, 6) is -0.312. The fourth-order valence-corrected chi connectivity index (χ4v) is 5.24. The molecule has 6 nitrogen and oxygen atoms in total. The number of benzene rings is 3. The minimum atomic E-state index is -0.365. The number of fused-ring (bicyclic) bond motifs is 1. The van der Waals surface area contributed by atoms with Crippen LogP contribution in [-0.4, -0.2) is 52.9 Å². The van der Waals surface area contributed by atoms with E-state index in [-0.39, 0.29) is 11.9 Å². The van der Waals surface area contributed by atoms with Crippen LogP contribution in [0, 0.1) is 0 Å². The van der Waals surface area contributed by atoms with Gasteiger partial charge in [-0.15, -0.1) is 0 Å². The van der Waals surface area contributed by atoms with Crippen molar-refractivity contribution < 1.29 is 14.3 Å². The van der Waals surface area contributed by atoms with E-state index in [2.05, 4.69) is 22.0 Å². The van der Waals surface area contributed by atoms with Gasteiger partial charge in [0.05, 0.1) is 29.3 Å². The zero-order chi connectivity index (χ0) is 27.4. The predicted octanol–water partition coefficient (Wildman–Crippen LogP) is 6.50. The highest BCUT2D eigenvalue weighted by Crippen LogP contribution is 2.29. The van der Waals surface area contributed by atoms with Crippen LogP contribution in [0.5, 0.6) is 0 Å². The molecule has 0 bridgehead atoms. The first-order chi connectivity index (χ1) is 18.9. The molecular formula is C31H31Cl2N3O3. The molecule has 0 spiro atoms. The second-order valence-electron chi connectivity index (χ2n) is 10.0. The second kappa shape index (κ2) is 12.2. The lowest BCUT2D eigenvalue weighted by Crippen LogP contribution is -2.41. The third-order valence-corrected chi connectivity index (χ3v) is 7.91. The highest BCUT2D eigenvalue weighted by atomic mass is 35.5. The summed E-state index contributed by atoms with van der Waals surface area (Å²) in [7, 11) is 1.38. The summed E-state index contributed by atoms with van der Waals surface area (Å²) >= 11 is 12.4. The van der Waals surface area contributed by atoms with E-state index in [0.717, 1.165) is 35.9 Å². The molecule has 0 radical (unpaired) electrons. The lowest BCUT2D eigenvalue weighted by molar-refractivity contribution is -0.133. The fourth-order valence-electron chi connectivity index (χ4n) is 4.92. The molecule has 0 saturated heterocycles. The average Bonchev–Trinajstić information content (AvgIpc) is 3.72. The Kier molecular flexibility index (Phi) is 8.56. The van der Waals surface area contributed by atoms with Crippen LogP contribution in [0.4, 0.5) is 0 Å². The number of hydrogen-bond acceptors (Lipinski definition) is 4. The van der Waals surface area contributed by atoms with Gasteiger partial charge in [-0.3, -0.25) is 9.69 Å². The van der Waals surface area contributed by atoms with Gasteiger partial charge in [0.1, 0.15) is 0 Å². The molecule has 0 unspecified atom stereocenters. The number of para-hydroxylation sites is 1. The van der Waals surface area contributed by atoms with Crippen LogP contribution in [0.25, 0.3) is 10.9 Å². The smallest absolute Gasteiger partial charge is 0.337 e. The zero-order valence-electron chi connectivity index (χ0n) is 21.8. The number of esters is 1. The Morgan fingerprint density at radius 2 is 1.74 bits per heavy atom. The van der Waals surface area contributed by atoms with Crippen molar-refractivity contribution in [3.05, 3.63) is 105 Å². The van der Waals surface area contributed by atoms with E-state index in [1.165, 1.54) is 18.1 Å². The zero-order valence-corrected chi connectivity index (χ0v) is 23.3. The Bertz CT molecular complexity index is 1480. The molecular weight excluding hydrogens is 533 g/mol. The standard InChI is InChI=1S/C31H31Cl2N3O3/c1-39-31(38)23-6-4-5-21(15-23)19-36(25-10-11-25)20-30(37)35(18-22-9-12-27(32)28(33)16-22)14-13-24-17-34-29-8-3-2-7-26(24)29/h2-9,12,15-17,25,34H,10-11,13-14,18-20H2,1H3. The van der Waals surface area contributed by atoms with Gasteiger partial charge in [0.15, 0.2) is 0 Å². The highest BCUT2D eigenvalue weighted by molar-refractivity contribution is 6.42. The summed E-state index contributed by atoms with van der Waals surface area (Å²) in [6.07, 6.45) is 4.87. The van der Waals surface area contributed by atoms with Crippen molar-refractivity contribution in [1.29, 1.82) is 0 Å². The molecule has 1 amide bonds. The van der Waals surface area contributed by atoms with Crippen LogP contribution < -0.4 is 0 Å². The fraction of sp³-hybridized carbons (Fsp3) is 0.290. The molecule has 0 aliphatic heterocycles.